The minimum atomic E-state index is -2.77. The second kappa shape index (κ2) is 22.0. The number of nitrogens with zero attached hydrogens (tertiary/aromatic N) is 5. The number of anilines is 3. The molecule has 0 saturated carbocycles. The van der Waals surface area contributed by atoms with E-state index in [1.807, 2.05) is 84.9 Å². The van der Waals surface area contributed by atoms with Gasteiger partial charge in [-0.25, -0.2) is 22.0 Å². The second-order valence-corrected chi connectivity index (χ2v) is 19.5. The summed E-state index contributed by atoms with van der Waals surface area (Å²) in [5, 5.41) is 5.99. The van der Waals surface area contributed by atoms with Crippen molar-refractivity contribution in [3.63, 3.8) is 0 Å². The highest BCUT2D eigenvalue weighted by molar-refractivity contribution is 5.99. The Morgan fingerprint density at radius 1 is 0.514 bits per heavy atom. The van der Waals surface area contributed by atoms with Gasteiger partial charge >= 0.3 is 0 Å². The molecule has 0 aromatic heterocycles. The first-order chi connectivity index (χ1) is 34.7. The first kappa shape index (κ1) is 50.3. The first-order valence-corrected chi connectivity index (χ1v) is 25.0. The third-order valence-electron chi connectivity index (χ3n) is 14.5. The lowest BCUT2D eigenvalue weighted by Crippen LogP contribution is -2.51. The summed E-state index contributed by atoms with van der Waals surface area (Å²) in [6, 6.07) is 36.2. The zero-order valence-corrected chi connectivity index (χ0v) is 40.1. The smallest absolute Gasteiger partial charge is 0.250 e. The van der Waals surface area contributed by atoms with Crippen LogP contribution in [0.2, 0.25) is 0 Å². The van der Waals surface area contributed by atoms with Gasteiger partial charge in [0.2, 0.25) is 23.6 Å². The summed E-state index contributed by atoms with van der Waals surface area (Å²) in [6.45, 7) is 1.88. The second-order valence-electron chi connectivity index (χ2n) is 19.5. The van der Waals surface area contributed by atoms with Gasteiger partial charge in [-0.2, -0.15) is 0 Å². The van der Waals surface area contributed by atoms with Gasteiger partial charge in [0.05, 0.1) is 0 Å². The molecule has 16 heteroatoms. The minimum absolute atomic E-state index is 0.0693. The Kier molecular flexibility index (Phi) is 15.4. The van der Waals surface area contributed by atoms with E-state index in [0.29, 0.717) is 74.4 Å². The van der Waals surface area contributed by atoms with E-state index < -0.39 is 36.0 Å². The highest BCUT2D eigenvalue weighted by Crippen LogP contribution is 2.37. The molecule has 378 valence electrons. The molecule has 4 aliphatic rings. The molecule has 0 spiro atoms. The summed E-state index contributed by atoms with van der Waals surface area (Å²) in [6.07, 6.45) is 0.874. The van der Waals surface area contributed by atoms with E-state index in [-0.39, 0.29) is 81.3 Å². The van der Waals surface area contributed by atoms with Crippen molar-refractivity contribution in [2.24, 2.45) is 0 Å². The monoisotopic (exact) mass is 989 g/mol. The number of amides is 4. The molecular formula is C56H60F5N7O4. The number of hydrogen-bond donors (Lipinski definition) is 2. The number of carbonyl (C=O) groups excluding carboxylic acids is 4. The Morgan fingerprint density at radius 2 is 0.889 bits per heavy atom. The van der Waals surface area contributed by atoms with Crippen molar-refractivity contribution in [2.45, 2.75) is 100 Å². The molecule has 4 aliphatic heterocycles. The molecule has 9 rings (SSSR count). The number of alkyl halides is 4. The van der Waals surface area contributed by atoms with Crippen LogP contribution in [0, 0.1) is 5.82 Å². The summed E-state index contributed by atoms with van der Waals surface area (Å²) in [4.78, 5) is 65.1. The van der Waals surface area contributed by atoms with Gasteiger partial charge in [0.25, 0.3) is 11.8 Å². The van der Waals surface area contributed by atoms with Gasteiger partial charge in [0.1, 0.15) is 30.0 Å². The SMILES string of the molecule is O=C(Nc1ccc(CN(Cc2ccc(NC(=O)[C@@H]3CCCN3C(=O)[C@H](c3ccccc3)N3CCC(F)(F)CC3)cc2)c2ccc(F)cc2)cc1)[C@@H]1CCCN1C(=O)[C@H](c1ccccc1)N1CCC(F)(F)CC1. The average molecular weight is 990 g/mol. The zero-order chi connectivity index (χ0) is 50.4. The van der Waals surface area contributed by atoms with Crippen molar-refractivity contribution in [1.29, 1.82) is 0 Å². The number of likely N-dealkylation sites (tertiary alicyclic amines) is 4. The molecule has 0 bridgehead atoms. The van der Waals surface area contributed by atoms with Crippen LogP contribution in [0.1, 0.15) is 85.7 Å². The van der Waals surface area contributed by atoms with Crippen LogP contribution in [-0.4, -0.2) is 106 Å². The van der Waals surface area contributed by atoms with Gasteiger partial charge in [0, 0.05) is 95.1 Å². The molecule has 4 saturated heterocycles. The number of piperidine rings is 2. The van der Waals surface area contributed by atoms with Gasteiger partial charge in [-0.15, -0.1) is 0 Å². The molecule has 4 heterocycles. The molecule has 2 N–H and O–H groups in total. The number of benzene rings is 5. The molecule has 5 aromatic carbocycles. The van der Waals surface area contributed by atoms with Crippen molar-refractivity contribution >= 4 is 40.7 Å². The van der Waals surface area contributed by atoms with Gasteiger partial charge in [-0.1, -0.05) is 84.9 Å². The quantitative estimate of drug-likeness (QED) is 0.101. The number of halogens is 5. The van der Waals surface area contributed by atoms with Gasteiger partial charge in [-0.05, 0) is 96.5 Å². The zero-order valence-electron chi connectivity index (χ0n) is 40.1. The lowest BCUT2D eigenvalue weighted by molar-refractivity contribution is -0.144. The standard InChI is InChI=1S/C56H60F5N7O4/c57-43-19-25-46(26-20-43)66(37-39-15-21-44(22-16-39)62-51(69)47-13-7-31-67(47)53(71)49(41-9-3-1-4-10-41)64-33-27-55(58,59)28-34-64)38-40-17-23-45(24-18-40)63-52(70)48-14-8-32-68(48)54(72)50(42-11-5-2-6-12-42)65-35-29-56(60,61)30-36-65/h1-6,9-12,15-26,47-50H,7-8,13-14,27-38H2,(H,62,69)(H,63,70)/t47-,48-,49-,50-/m0/s1. The molecule has 0 unspecified atom stereocenters. The van der Waals surface area contributed by atoms with E-state index >= 15 is 0 Å². The van der Waals surface area contributed by atoms with E-state index in [9.17, 15) is 41.1 Å². The maximum absolute atomic E-state index is 14.3. The van der Waals surface area contributed by atoms with Crippen LogP contribution in [0.15, 0.2) is 133 Å². The summed E-state index contributed by atoms with van der Waals surface area (Å²) in [5.74, 6) is -7.11. The van der Waals surface area contributed by atoms with E-state index in [1.54, 1.807) is 56.0 Å². The van der Waals surface area contributed by atoms with E-state index in [2.05, 4.69) is 15.5 Å². The molecule has 5 aromatic rings. The molecular weight excluding hydrogens is 930 g/mol. The van der Waals surface area contributed by atoms with Crippen molar-refractivity contribution in [1.82, 2.24) is 19.6 Å². The van der Waals surface area contributed by atoms with Crippen LogP contribution < -0.4 is 15.5 Å². The summed E-state index contributed by atoms with van der Waals surface area (Å²) in [5.41, 5.74) is 5.07. The Hall–Kier alpha value is -6.65. The largest absolute Gasteiger partial charge is 0.363 e. The van der Waals surface area contributed by atoms with E-state index in [4.69, 9.17) is 0 Å². The van der Waals surface area contributed by atoms with Crippen LogP contribution >= 0.6 is 0 Å². The Labute approximate surface area is 416 Å². The van der Waals surface area contributed by atoms with Crippen LogP contribution in [-0.2, 0) is 32.3 Å². The first-order valence-electron chi connectivity index (χ1n) is 25.0. The maximum atomic E-state index is 14.3. The fourth-order valence-corrected chi connectivity index (χ4v) is 10.6. The Morgan fingerprint density at radius 3 is 1.26 bits per heavy atom. The number of nitrogens with one attached hydrogen (secondary N) is 2. The van der Waals surface area contributed by atoms with Gasteiger partial charge in [0.15, 0.2) is 0 Å². The molecule has 4 amide bonds. The average Bonchev–Trinajstić information content (AvgIpc) is 4.09. The molecule has 0 radical (unpaired) electrons. The third-order valence-corrected chi connectivity index (χ3v) is 14.5. The number of hydrogen-bond acceptors (Lipinski definition) is 7. The van der Waals surface area contributed by atoms with Gasteiger partial charge < -0.3 is 25.3 Å². The molecule has 72 heavy (non-hydrogen) atoms. The Bertz CT molecular complexity index is 2480. The normalized spacial score (nSPS) is 20.9. The minimum Gasteiger partial charge on any atom is -0.363 e. The van der Waals surface area contributed by atoms with Crippen LogP contribution in [0.25, 0.3) is 0 Å². The summed E-state index contributed by atoms with van der Waals surface area (Å²) >= 11 is 0. The van der Waals surface area contributed by atoms with E-state index in [0.717, 1.165) is 16.8 Å². The van der Waals surface area contributed by atoms with Crippen molar-refractivity contribution in [3.05, 3.63) is 162 Å². The third kappa shape index (κ3) is 12.0. The number of rotatable bonds is 15. The topological polar surface area (TPSA) is 109 Å². The molecule has 11 nitrogen and oxygen atoms in total. The highest BCUT2D eigenvalue weighted by Gasteiger charge is 2.45. The van der Waals surface area contributed by atoms with Crippen molar-refractivity contribution in [2.75, 3.05) is 54.8 Å². The summed E-state index contributed by atoms with van der Waals surface area (Å²) < 4.78 is 70.8. The van der Waals surface area contributed by atoms with Crippen molar-refractivity contribution in [3.8, 4) is 0 Å². The van der Waals surface area contributed by atoms with Crippen LogP contribution in [0.4, 0.5) is 39.0 Å². The summed E-state index contributed by atoms with van der Waals surface area (Å²) in [7, 11) is 0. The maximum Gasteiger partial charge on any atom is 0.250 e. The van der Waals surface area contributed by atoms with Crippen LogP contribution in [0.3, 0.4) is 0 Å². The lowest BCUT2D eigenvalue weighted by Gasteiger charge is -2.39. The predicted molar refractivity (Wildman–Crippen MR) is 266 cm³/mol. The van der Waals surface area contributed by atoms with Crippen molar-refractivity contribution < 1.29 is 41.1 Å². The number of carbonyl (C=O) groups is 4. The van der Waals surface area contributed by atoms with Gasteiger partial charge in [-0.3, -0.25) is 29.0 Å². The predicted octanol–water partition coefficient (Wildman–Crippen LogP) is 9.84. The highest BCUT2D eigenvalue weighted by atomic mass is 19.3. The lowest BCUT2D eigenvalue weighted by atomic mass is 9.98. The molecule has 0 aliphatic carbocycles. The molecule has 4 fully saturated rings. The Balaban J connectivity index is 0.830. The van der Waals surface area contributed by atoms with E-state index in [1.165, 1.54) is 12.1 Å². The fourth-order valence-electron chi connectivity index (χ4n) is 10.6. The van der Waals surface area contributed by atoms with Crippen LogP contribution in [0.5, 0.6) is 0 Å². The molecule has 4 atom stereocenters. The fraction of sp³-hybridized carbons (Fsp3) is 0.393.